The van der Waals surface area contributed by atoms with E-state index < -0.39 is 0 Å². The average Bonchev–Trinajstić information content (AvgIpc) is 1.82. The van der Waals surface area contributed by atoms with E-state index in [-0.39, 0.29) is 0 Å². The van der Waals surface area contributed by atoms with Gasteiger partial charge in [-0.3, -0.25) is 0 Å². The molecule has 0 fully saturated rings. The van der Waals surface area contributed by atoms with Gasteiger partial charge in [0.25, 0.3) is 0 Å². The third kappa shape index (κ3) is 4.43. The monoisotopic (exact) mass is 131 g/mol. The minimum absolute atomic E-state index is 0.292. The second kappa shape index (κ2) is 4.77. The highest BCUT2D eigenvalue weighted by molar-refractivity contribution is 4.62. The maximum Gasteiger partial charge on any atom is 0.0465 e. The molecular formula is C7H17NO. The van der Waals surface area contributed by atoms with E-state index in [0.29, 0.717) is 12.0 Å². The van der Waals surface area contributed by atoms with Gasteiger partial charge in [-0.2, -0.15) is 0 Å². The van der Waals surface area contributed by atoms with Crippen molar-refractivity contribution in [3.8, 4) is 0 Å². The molecule has 0 saturated heterocycles. The van der Waals surface area contributed by atoms with Crippen LogP contribution < -0.4 is 5.73 Å². The molecule has 2 heteroatoms. The number of hydrogen-bond acceptors (Lipinski definition) is 2. The van der Waals surface area contributed by atoms with Crippen LogP contribution >= 0.6 is 0 Å². The molecule has 0 spiro atoms. The fourth-order valence-electron chi connectivity index (χ4n) is 0.567. The Kier molecular flexibility index (Phi) is 4.72. The topological polar surface area (TPSA) is 35.2 Å². The van der Waals surface area contributed by atoms with E-state index in [1.165, 1.54) is 0 Å². The predicted molar refractivity (Wildman–Crippen MR) is 39.3 cm³/mol. The molecule has 0 bridgehead atoms. The zero-order valence-corrected chi connectivity index (χ0v) is 6.55. The Labute approximate surface area is 57.4 Å². The lowest BCUT2D eigenvalue weighted by molar-refractivity contribution is 0.176. The molecule has 0 heterocycles. The summed E-state index contributed by atoms with van der Waals surface area (Å²) in [6.45, 7) is 4.99. The van der Waals surface area contributed by atoms with E-state index in [4.69, 9.17) is 10.5 Å². The maximum atomic E-state index is 5.62. The summed E-state index contributed by atoms with van der Waals surface area (Å²) in [5.41, 5.74) is 5.62. The molecule has 0 aromatic heterocycles. The smallest absolute Gasteiger partial charge is 0.0465 e. The van der Waals surface area contributed by atoms with Crippen LogP contribution in [0.4, 0.5) is 0 Å². The first-order chi connectivity index (χ1) is 4.18. The zero-order chi connectivity index (χ0) is 7.28. The van der Waals surface area contributed by atoms with Gasteiger partial charge >= 0.3 is 0 Å². The summed E-state index contributed by atoms with van der Waals surface area (Å²) in [7, 11) is 1.72. The molecule has 2 unspecified atom stereocenters. The van der Waals surface area contributed by atoms with E-state index in [1.54, 1.807) is 7.11 Å². The second-order valence-electron chi connectivity index (χ2n) is 2.62. The molecule has 2 atom stereocenters. The summed E-state index contributed by atoms with van der Waals surface area (Å²) in [6, 6.07) is 0.292. The Hall–Kier alpha value is -0.0800. The molecule has 0 saturated carbocycles. The van der Waals surface area contributed by atoms with Crippen LogP contribution in [0.15, 0.2) is 0 Å². The van der Waals surface area contributed by atoms with E-state index >= 15 is 0 Å². The molecule has 56 valence electrons. The summed E-state index contributed by atoms with van der Waals surface area (Å²) in [5.74, 6) is 0.574. The van der Waals surface area contributed by atoms with Gasteiger partial charge in [0, 0.05) is 19.8 Å². The van der Waals surface area contributed by atoms with Crippen molar-refractivity contribution in [2.24, 2.45) is 11.7 Å². The molecule has 2 nitrogen and oxygen atoms in total. The van der Waals surface area contributed by atoms with Crippen LogP contribution in [0.1, 0.15) is 20.3 Å². The molecule has 0 aliphatic rings. The van der Waals surface area contributed by atoms with Gasteiger partial charge < -0.3 is 10.5 Å². The number of nitrogens with two attached hydrogens (primary N) is 1. The van der Waals surface area contributed by atoms with Crippen LogP contribution in [0.5, 0.6) is 0 Å². The molecule has 0 radical (unpaired) electrons. The highest BCUT2D eigenvalue weighted by Gasteiger charge is 2.05. The summed E-state index contributed by atoms with van der Waals surface area (Å²) in [4.78, 5) is 0. The Morgan fingerprint density at radius 1 is 1.44 bits per heavy atom. The second-order valence-corrected chi connectivity index (χ2v) is 2.62. The lowest BCUT2D eigenvalue weighted by Gasteiger charge is -2.13. The molecular weight excluding hydrogens is 114 g/mol. The molecule has 0 aromatic rings. The van der Waals surface area contributed by atoms with Gasteiger partial charge in [0.05, 0.1) is 0 Å². The van der Waals surface area contributed by atoms with E-state index in [1.807, 2.05) is 6.92 Å². The van der Waals surface area contributed by atoms with Crippen molar-refractivity contribution in [2.75, 3.05) is 13.7 Å². The van der Waals surface area contributed by atoms with Crippen molar-refractivity contribution in [3.05, 3.63) is 0 Å². The van der Waals surface area contributed by atoms with Crippen molar-refractivity contribution in [1.82, 2.24) is 0 Å². The van der Waals surface area contributed by atoms with Crippen molar-refractivity contribution < 1.29 is 4.74 Å². The average molecular weight is 131 g/mol. The van der Waals surface area contributed by atoms with E-state index in [9.17, 15) is 0 Å². The van der Waals surface area contributed by atoms with Gasteiger partial charge in [-0.1, -0.05) is 6.92 Å². The van der Waals surface area contributed by atoms with E-state index in [2.05, 4.69) is 6.92 Å². The summed E-state index contributed by atoms with van der Waals surface area (Å²) in [6.07, 6.45) is 1.06. The normalized spacial score (nSPS) is 17.3. The molecule has 9 heavy (non-hydrogen) atoms. The molecule has 0 rings (SSSR count). The third-order valence-corrected chi connectivity index (χ3v) is 1.67. The quantitative estimate of drug-likeness (QED) is 0.618. The highest BCUT2D eigenvalue weighted by atomic mass is 16.5. The summed E-state index contributed by atoms with van der Waals surface area (Å²) >= 11 is 0. The van der Waals surface area contributed by atoms with Crippen LogP contribution in [-0.4, -0.2) is 19.8 Å². The van der Waals surface area contributed by atoms with Crippen LogP contribution in [0.2, 0.25) is 0 Å². The van der Waals surface area contributed by atoms with Gasteiger partial charge in [-0.15, -0.1) is 0 Å². The molecule has 2 N–H and O–H groups in total. The zero-order valence-electron chi connectivity index (χ0n) is 6.55. The van der Waals surface area contributed by atoms with Crippen molar-refractivity contribution in [1.29, 1.82) is 0 Å². The van der Waals surface area contributed by atoms with Crippen LogP contribution in [0, 0.1) is 5.92 Å². The Bertz CT molecular complexity index is 63.9. The summed E-state index contributed by atoms with van der Waals surface area (Å²) < 4.78 is 4.91. The fraction of sp³-hybridized carbons (Fsp3) is 1.00. The highest BCUT2D eigenvalue weighted by Crippen LogP contribution is 2.04. The van der Waals surface area contributed by atoms with Crippen LogP contribution in [0.3, 0.4) is 0 Å². The number of rotatable bonds is 4. The third-order valence-electron chi connectivity index (χ3n) is 1.67. The number of methoxy groups -OCH3 is 1. The molecule has 0 aromatic carbocycles. The van der Waals surface area contributed by atoms with Gasteiger partial charge in [-0.05, 0) is 19.3 Å². The predicted octanol–water partition coefficient (Wildman–Crippen LogP) is 1.01. The van der Waals surface area contributed by atoms with Gasteiger partial charge in [0.2, 0.25) is 0 Å². The van der Waals surface area contributed by atoms with Crippen LogP contribution in [0.25, 0.3) is 0 Å². The summed E-state index contributed by atoms with van der Waals surface area (Å²) in [5, 5.41) is 0. The first-order valence-corrected chi connectivity index (χ1v) is 3.43. The lowest BCUT2D eigenvalue weighted by atomic mass is 10.0. The SMILES string of the molecule is COCCC(C)C(C)N. The molecule has 0 aliphatic heterocycles. The Balaban J connectivity index is 3.16. The van der Waals surface area contributed by atoms with Crippen LogP contribution in [-0.2, 0) is 4.74 Å². The molecule has 0 aliphatic carbocycles. The fourth-order valence-corrected chi connectivity index (χ4v) is 0.567. The largest absolute Gasteiger partial charge is 0.385 e. The van der Waals surface area contributed by atoms with E-state index in [0.717, 1.165) is 13.0 Å². The van der Waals surface area contributed by atoms with Gasteiger partial charge in [-0.25, -0.2) is 0 Å². The van der Waals surface area contributed by atoms with Crippen molar-refractivity contribution in [3.63, 3.8) is 0 Å². The maximum absolute atomic E-state index is 5.62. The van der Waals surface area contributed by atoms with Crippen molar-refractivity contribution >= 4 is 0 Å². The first kappa shape index (κ1) is 8.92. The molecule has 0 amide bonds. The standard InChI is InChI=1S/C7H17NO/c1-6(7(2)8)4-5-9-3/h6-7H,4-5,8H2,1-3H3. The number of hydrogen-bond donors (Lipinski definition) is 1. The minimum atomic E-state index is 0.292. The van der Waals surface area contributed by atoms with Crippen molar-refractivity contribution in [2.45, 2.75) is 26.3 Å². The lowest BCUT2D eigenvalue weighted by Crippen LogP contribution is -2.24. The van der Waals surface area contributed by atoms with Gasteiger partial charge in [0.1, 0.15) is 0 Å². The Morgan fingerprint density at radius 2 is 2.00 bits per heavy atom. The minimum Gasteiger partial charge on any atom is -0.385 e. The number of ether oxygens (including phenoxy) is 1. The first-order valence-electron chi connectivity index (χ1n) is 3.43. The Morgan fingerprint density at radius 3 is 2.33 bits per heavy atom. The van der Waals surface area contributed by atoms with Gasteiger partial charge in [0.15, 0.2) is 0 Å².